The second-order valence-corrected chi connectivity index (χ2v) is 6.81. The highest BCUT2D eigenvalue weighted by molar-refractivity contribution is 5.94. The Bertz CT molecular complexity index is 964. The lowest BCUT2D eigenvalue weighted by Crippen LogP contribution is -2.36. The molecule has 1 fully saturated rings. The third kappa shape index (κ3) is 3.61. The van der Waals surface area contributed by atoms with E-state index in [0.29, 0.717) is 5.56 Å². The van der Waals surface area contributed by atoms with Crippen molar-refractivity contribution in [1.29, 1.82) is 0 Å². The molecule has 27 heavy (non-hydrogen) atoms. The molecule has 3 aromatic rings. The topological polar surface area (TPSA) is 58.6 Å². The van der Waals surface area contributed by atoms with Crippen molar-refractivity contribution in [2.75, 3.05) is 45.3 Å². The number of hydrogen-bond donors (Lipinski definition) is 0. The van der Waals surface area contributed by atoms with Gasteiger partial charge >= 0.3 is 0 Å². The minimum absolute atomic E-state index is 0.00100. The van der Waals surface area contributed by atoms with Crippen molar-refractivity contribution in [3.63, 3.8) is 0 Å². The lowest BCUT2D eigenvalue weighted by atomic mass is 10.0. The molecule has 0 unspecified atom stereocenters. The van der Waals surface area contributed by atoms with Crippen LogP contribution in [0.15, 0.2) is 48.7 Å². The fraction of sp³-hybridized carbons (Fsp3) is 0.286. The number of ether oxygens (including phenoxy) is 1. The highest BCUT2D eigenvalue weighted by atomic mass is 16.5. The van der Waals surface area contributed by atoms with Crippen LogP contribution < -0.4 is 4.90 Å². The first-order chi connectivity index (χ1) is 13.1. The quantitative estimate of drug-likeness (QED) is 0.717. The first-order valence-corrected chi connectivity index (χ1v) is 9.03. The molecule has 6 nitrogen and oxygen atoms in total. The van der Waals surface area contributed by atoms with Gasteiger partial charge in [0.15, 0.2) is 0 Å². The number of fused-ring (bicyclic) bond motifs is 1. The highest BCUT2D eigenvalue weighted by Gasteiger charge is 2.14. The molecule has 0 saturated carbocycles. The third-order valence-corrected chi connectivity index (χ3v) is 4.74. The third-order valence-electron chi connectivity index (χ3n) is 4.74. The van der Waals surface area contributed by atoms with Gasteiger partial charge in [-0.15, -0.1) is 0 Å². The van der Waals surface area contributed by atoms with Crippen molar-refractivity contribution in [3.8, 4) is 11.1 Å². The molecule has 0 aliphatic carbocycles. The van der Waals surface area contributed by atoms with Crippen LogP contribution in [-0.4, -0.2) is 61.2 Å². The summed E-state index contributed by atoms with van der Waals surface area (Å²) in [6.45, 7) is 3.11. The summed E-state index contributed by atoms with van der Waals surface area (Å²) in [7, 11) is 3.51. The maximum absolute atomic E-state index is 12.0. The molecule has 6 heteroatoms. The Hall–Kier alpha value is -2.99. The van der Waals surface area contributed by atoms with Crippen LogP contribution >= 0.6 is 0 Å². The molecule has 4 rings (SSSR count). The normalized spacial score (nSPS) is 14.4. The van der Waals surface area contributed by atoms with Gasteiger partial charge in [-0.2, -0.15) is 0 Å². The van der Waals surface area contributed by atoms with Crippen LogP contribution in [0.1, 0.15) is 10.4 Å². The van der Waals surface area contributed by atoms with Gasteiger partial charge in [0.1, 0.15) is 5.82 Å². The van der Waals surface area contributed by atoms with Gasteiger partial charge in [0, 0.05) is 32.7 Å². The zero-order valence-electron chi connectivity index (χ0n) is 15.6. The number of hydrogen-bond acceptors (Lipinski definition) is 5. The molecule has 0 spiro atoms. The number of morpholine rings is 1. The number of benzene rings is 2. The number of carbonyl (C=O) groups excluding carboxylic acids is 1. The van der Waals surface area contributed by atoms with Gasteiger partial charge in [0.2, 0.25) is 0 Å². The number of carbonyl (C=O) groups is 1. The predicted octanol–water partition coefficient (Wildman–Crippen LogP) is 2.84. The number of amides is 1. The fourth-order valence-corrected chi connectivity index (χ4v) is 3.19. The monoisotopic (exact) mass is 362 g/mol. The summed E-state index contributed by atoms with van der Waals surface area (Å²) in [5.74, 6) is 0.885. The van der Waals surface area contributed by atoms with Crippen molar-refractivity contribution in [2.24, 2.45) is 0 Å². The van der Waals surface area contributed by atoms with Crippen molar-refractivity contribution in [1.82, 2.24) is 14.9 Å². The number of rotatable bonds is 3. The zero-order chi connectivity index (χ0) is 18.8. The fourth-order valence-electron chi connectivity index (χ4n) is 3.19. The summed E-state index contributed by atoms with van der Waals surface area (Å²) in [6, 6.07) is 13.7. The summed E-state index contributed by atoms with van der Waals surface area (Å²) in [5, 5.41) is 0. The first-order valence-electron chi connectivity index (χ1n) is 9.03. The number of anilines is 1. The molecule has 0 atom stereocenters. The van der Waals surface area contributed by atoms with Gasteiger partial charge in [-0.3, -0.25) is 9.78 Å². The van der Waals surface area contributed by atoms with Gasteiger partial charge in [-0.1, -0.05) is 18.2 Å². The van der Waals surface area contributed by atoms with Gasteiger partial charge in [-0.05, 0) is 35.4 Å². The van der Waals surface area contributed by atoms with Crippen LogP contribution in [0.4, 0.5) is 5.82 Å². The van der Waals surface area contributed by atoms with E-state index in [0.717, 1.165) is 54.3 Å². The molecule has 2 aromatic carbocycles. The van der Waals surface area contributed by atoms with Crippen molar-refractivity contribution < 1.29 is 9.53 Å². The molecule has 1 aliphatic rings. The zero-order valence-corrected chi connectivity index (χ0v) is 15.6. The minimum atomic E-state index is 0.00100. The molecule has 1 aliphatic heterocycles. The Balaban J connectivity index is 1.64. The van der Waals surface area contributed by atoms with Gasteiger partial charge in [0.05, 0.1) is 30.4 Å². The van der Waals surface area contributed by atoms with Crippen LogP contribution in [0.2, 0.25) is 0 Å². The largest absolute Gasteiger partial charge is 0.378 e. The molecule has 1 amide bonds. The summed E-state index contributed by atoms with van der Waals surface area (Å²) in [5.41, 5.74) is 4.52. The Labute approximate surface area is 158 Å². The standard InChI is InChI=1S/C21H22N4O2/c1-24(2)21(26)16-5-3-15(4-6-16)17-7-8-18-19(13-17)23-20(14-22-18)25-9-11-27-12-10-25/h3-8,13-14H,9-12H2,1-2H3. The minimum Gasteiger partial charge on any atom is -0.378 e. The lowest BCUT2D eigenvalue weighted by Gasteiger charge is -2.27. The van der Waals surface area contributed by atoms with Crippen LogP contribution in [-0.2, 0) is 4.74 Å². The molecule has 138 valence electrons. The van der Waals surface area contributed by atoms with E-state index in [1.807, 2.05) is 42.6 Å². The molecule has 0 bridgehead atoms. The Morgan fingerprint density at radius 3 is 2.41 bits per heavy atom. The highest BCUT2D eigenvalue weighted by Crippen LogP contribution is 2.25. The first kappa shape index (κ1) is 17.4. The van der Waals surface area contributed by atoms with Crippen LogP contribution in [0.5, 0.6) is 0 Å². The molecule has 1 saturated heterocycles. The second kappa shape index (κ2) is 7.32. The van der Waals surface area contributed by atoms with Crippen molar-refractivity contribution >= 4 is 22.8 Å². The maximum atomic E-state index is 12.0. The van der Waals surface area contributed by atoms with E-state index < -0.39 is 0 Å². The summed E-state index contributed by atoms with van der Waals surface area (Å²) in [4.78, 5) is 25.2. The average molecular weight is 362 g/mol. The summed E-state index contributed by atoms with van der Waals surface area (Å²) >= 11 is 0. The molecule has 2 heterocycles. The van der Waals surface area contributed by atoms with Gasteiger partial charge < -0.3 is 14.5 Å². The van der Waals surface area contributed by atoms with E-state index in [2.05, 4.69) is 16.0 Å². The smallest absolute Gasteiger partial charge is 0.253 e. The SMILES string of the molecule is CN(C)C(=O)c1ccc(-c2ccc3ncc(N4CCOCC4)nc3c2)cc1. The van der Waals surface area contributed by atoms with Gasteiger partial charge in [-0.25, -0.2) is 4.98 Å². The summed E-state index contributed by atoms with van der Waals surface area (Å²) in [6.07, 6.45) is 1.83. The molecule has 0 N–H and O–H groups in total. The van der Waals surface area contributed by atoms with E-state index in [4.69, 9.17) is 9.72 Å². The van der Waals surface area contributed by atoms with E-state index >= 15 is 0 Å². The maximum Gasteiger partial charge on any atom is 0.253 e. The Morgan fingerprint density at radius 2 is 1.70 bits per heavy atom. The average Bonchev–Trinajstić information content (AvgIpc) is 2.73. The number of aromatic nitrogens is 2. The predicted molar refractivity (Wildman–Crippen MR) is 106 cm³/mol. The second-order valence-electron chi connectivity index (χ2n) is 6.81. The van der Waals surface area contributed by atoms with Crippen LogP contribution in [0.25, 0.3) is 22.2 Å². The Kier molecular flexibility index (Phi) is 4.73. The van der Waals surface area contributed by atoms with Gasteiger partial charge in [0.25, 0.3) is 5.91 Å². The van der Waals surface area contributed by atoms with E-state index in [1.54, 1.807) is 19.0 Å². The molecule has 0 radical (unpaired) electrons. The number of nitrogens with zero attached hydrogens (tertiary/aromatic N) is 4. The lowest BCUT2D eigenvalue weighted by molar-refractivity contribution is 0.0827. The van der Waals surface area contributed by atoms with E-state index in [9.17, 15) is 4.79 Å². The van der Waals surface area contributed by atoms with Crippen molar-refractivity contribution in [2.45, 2.75) is 0 Å². The Morgan fingerprint density at radius 1 is 1.00 bits per heavy atom. The van der Waals surface area contributed by atoms with Crippen molar-refractivity contribution in [3.05, 3.63) is 54.2 Å². The molecule has 1 aromatic heterocycles. The summed E-state index contributed by atoms with van der Waals surface area (Å²) < 4.78 is 5.41. The molecular weight excluding hydrogens is 340 g/mol. The molecular formula is C21H22N4O2. The van der Waals surface area contributed by atoms with E-state index in [1.165, 1.54) is 0 Å². The van der Waals surface area contributed by atoms with Crippen LogP contribution in [0.3, 0.4) is 0 Å². The van der Waals surface area contributed by atoms with E-state index in [-0.39, 0.29) is 5.91 Å². The van der Waals surface area contributed by atoms with Crippen LogP contribution in [0, 0.1) is 0 Å².